The van der Waals surface area contributed by atoms with E-state index in [1.165, 1.54) is 0 Å². The molecule has 16 heavy (non-hydrogen) atoms. The molecule has 1 N–H and O–H groups in total. The second-order valence-corrected chi connectivity index (χ2v) is 4.12. The van der Waals surface area contributed by atoms with E-state index in [1.807, 2.05) is 24.3 Å². The molecule has 0 spiro atoms. The molecule has 1 aromatic rings. The summed E-state index contributed by atoms with van der Waals surface area (Å²) < 4.78 is 11.4. The first-order valence-electron chi connectivity index (χ1n) is 5.55. The Labute approximate surface area is 101 Å². The third-order valence-corrected chi connectivity index (χ3v) is 2.69. The van der Waals surface area contributed by atoms with Gasteiger partial charge in [0.25, 0.3) is 0 Å². The van der Waals surface area contributed by atoms with Crippen LogP contribution in [0.15, 0.2) is 24.3 Å². The molecule has 0 aliphatic carbocycles. The molecule has 0 bridgehead atoms. The number of nitrogens with one attached hydrogen (secondary N) is 1. The Kier molecular flexibility index (Phi) is 4.31. The van der Waals surface area contributed by atoms with Crippen molar-refractivity contribution in [1.82, 2.24) is 5.32 Å². The summed E-state index contributed by atoms with van der Waals surface area (Å²) in [5.74, 6) is 2.36. The van der Waals surface area contributed by atoms with Gasteiger partial charge >= 0.3 is 0 Å². The fraction of sp³-hybridized carbons (Fsp3) is 0.500. The average Bonchev–Trinajstić information content (AvgIpc) is 2.34. The number of benzene rings is 1. The summed E-state index contributed by atoms with van der Waals surface area (Å²) in [5.41, 5.74) is 0. The summed E-state index contributed by atoms with van der Waals surface area (Å²) in [6.45, 7) is 2.32. The van der Waals surface area contributed by atoms with E-state index in [-0.39, 0.29) is 6.10 Å². The van der Waals surface area contributed by atoms with Crippen molar-refractivity contribution >= 4 is 11.6 Å². The number of fused-ring (bicyclic) bond motifs is 1. The summed E-state index contributed by atoms with van der Waals surface area (Å²) in [4.78, 5) is 0. The van der Waals surface area contributed by atoms with Crippen molar-refractivity contribution in [2.24, 2.45) is 0 Å². The standard InChI is InChI=1S/C12H16ClNO2/c13-6-3-7-14-8-10-9-15-11-4-1-2-5-12(11)16-10/h1-2,4-5,10,14H,3,6-9H2/t10-/m0/s1. The van der Waals surface area contributed by atoms with Crippen LogP contribution in [0.3, 0.4) is 0 Å². The second kappa shape index (κ2) is 5.97. The summed E-state index contributed by atoms with van der Waals surface area (Å²) >= 11 is 5.59. The molecular weight excluding hydrogens is 226 g/mol. The van der Waals surface area contributed by atoms with Crippen LogP contribution < -0.4 is 14.8 Å². The quantitative estimate of drug-likeness (QED) is 0.632. The van der Waals surface area contributed by atoms with Crippen molar-refractivity contribution < 1.29 is 9.47 Å². The summed E-state index contributed by atoms with van der Waals surface area (Å²) in [5, 5.41) is 3.30. The Morgan fingerprint density at radius 3 is 2.94 bits per heavy atom. The highest BCUT2D eigenvalue weighted by Gasteiger charge is 2.19. The Morgan fingerprint density at radius 2 is 2.12 bits per heavy atom. The Hall–Kier alpha value is -0.930. The minimum atomic E-state index is 0.0882. The van der Waals surface area contributed by atoms with E-state index in [9.17, 15) is 0 Å². The van der Waals surface area contributed by atoms with Crippen molar-refractivity contribution in [2.45, 2.75) is 12.5 Å². The Bertz CT molecular complexity index is 333. The van der Waals surface area contributed by atoms with Crippen molar-refractivity contribution in [3.05, 3.63) is 24.3 Å². The number of hydrogen-bond acceptors (Lipinski definition) is 3. The molecule has 2 rings (SSSR count). The Morgan fingerprint density at radius 1 is 1.31 bits per heavy atom. The molecule has 1 aromatic carbocycles. The van der Waals surface area contributed by atoms with Gasteiger partial charge in [-0.3, -0.25) is 0 Å². The molecule has 0 saturated carbocycles. The van der Waals surface area contributed by atoms with Gasteiger partial charge in [0.05, 0.1) is 0 Å². The molecular formula is C12H16ClNO2. The molecule has 1 aliphatic heterocycles. The zero-order valence-electron chi connectivity index (χ0n) is 9.12. The van der Waals surface area contributed by atoms with Crippen molar-refractivity contribution in [3.63, 3.8) is 0 Å². The predicted octanol–water partition coefficient (Wildman–Crippen LogP) is 2.04. The maximum atomic E-state index is 5.79. The number of alkyl halides is 1. The number of rotatable bonds is 5. The van der Waals surface area contributed by atoms with Gasteiger partial charge in [0.15, 0.2) is 11.5 Å². The van der Waals surface area contributed by atoms with Crippen LogP contribution in [-0.2, 0) is 0 Å². The first kappa shape index (κ1) is 11.6. The van der Waals surface area contributed by atoms with Crippen LogP contribution in [0, 0.1) is 0 Å². The first-order valence-corrected chi connectivity index (χ1v) is 6.09. The van der Waals surface area contributed by atoms with Crippen LogP contribution >= 0.6 is 11.6 Å². The minimum absolute atomic E-state index is 0.0882. The first-order chi connectivity index (χ1) is 7.90. The van der Waals surface area contributed by atoms with Gasteiger partial charge in [0.2, 0.25) is 0 Å². The number of para-hydroxylation sites is 2. The molecule has 0 aromatic heterocycles. The lowest BCUT2D eigenvalue weighted by Gasteiger charge is -2.26. The average molecular weight is 242 g/mol. The van der Waals surface area contributed by atoms with Gasteiger partial charge in [0, 0.05) is 12.4 Å². The Balaban J connectivity index is 1.79. The van der Waals surface area contributed by atoms with Gasteiger partial charge in [0.1, 0.15) is 12.7 Å². The third-order valence-electron chi connectivity index (χ3n) is 2.43. The molecule has 4 heteroatoms. The van der Waals surface area contributed by atoms with Gasteiger partial charge in [-0.25, -0.2) is 0 Å². The zero-order valence-corrected chi connectivity index (χ0v) is 9.87. The van der Waals surface area contributed by atoms with Crippen LogP contribution in [0.25, 0.3) is 0 Å². The van der Waals surface area contributed by atoms with Gasteiger partial charge < -0.3 is 14.8 Å². The molecule has 0 amide bonds. The highest BCUT2D eigenvalue weighted by molar-refractivity contribution is 6.17. The van der Waals surface area contributed by atoms with E-state index in [2.05, 4.69) is 5.32 Å². The third kappa shape index (κ3) is 3.03. The lowest BCUT2D eigenvalue weighted by Crippen LogP contribution is -2.38. The second-order valence-electron chi connectivity index (χ2n) is 3.74. The molecule has 1 atom stereocenters. The number of hydrogen-bond donors (Lipinski definition) is 1. The van der Waals surface area contributed by atoms with Gasteiger partial charge in [-0.05, 0) is 25.1 Å². The molecule has 0 fully saturated rings. The topological polar surface area (TPSA) is 30.5 Å². The molecule has 0 unspecified atom stereocenters. The molecule has 0 radical (unpaired) electrons. The van der Waals surface area contributed by atoms with Gasteiger partial charge in [-0.2, -0.15) is 0 Å². The maximum Gasteiger partial charge on any atom is 0.161 e. The van der Waals surface area contributed by atoms with E-state index in [4.69, 9.17) is 21.1 Å². The molecule has 0 saturated heterocycles. The van der Waals surface area contributed by atoms with Gasteiger partial charge in [-0.1, -0.05) is 12.1 Å². The fourth-order valence-electron chi connectivity index (χ4n) is 1.62. The summed E-state index contributed by atoms with van der Waals surface area (Å²) in [6, 6.07) is 7.75. The zero-order chi connectivity index (χ0) is 11.2. The lowest BCUT2D eigenvalue weighted by atomic mass is 10.2. The molecule has 1 aliphatic rings. The van der Waals surface area contributed by atoms with Crippen LogP contribution in [0.1, 0.15) is 6.42 Å². The van der Waals surface area contributed by atoms with Crippen LogP contribution in [0.5, 0.6) is 11.5 Å². The van der Waals surface area contributed by atoms with Crippen LogP contribution in [-0.4, -0.2) is 31.7 Å². The fourth-order valence-corrected chi connectivity index (χ4v) is 1.75. The minimum Gasteiger partial charge on any atom is -0.486 e. The highest BCUT2D eigenvalue weighted by atomic mass is 35.5. The van der Waals surface area contributed by atoms with Crippen molar-refractivity contribution in [1.29, 1.82) is 0 Å². The maximum absolute atomic E-state index is 5.79. The predicted molar refractivity (Wildman–Crippen MR) is 64.6 cm³/mol. The van der Waals surface area contributed by atoms with E-state index in [0.717, 1.165) is 31.0 Å². The molecule has 88 valence electrons. The largest absolute Gasteiger partial charge is 0.486 e. The van der Waals surface area contributed by atoms with E-state index >= 15 is 0 Å². The van der Waals surface area contributed by atoms with Crippen molar-refractivity contribution in [3.8, 4) is 11.5 Å². The van der Waals surface area contributed by atoms with Crippen molar-refractivity contribution in [2.75, 3.05) is 25.6 Å². The number of halogens is 1. The SMILES string of the molecule is ClCCCNC[C@H]1COc2ccccc2O1. The summed E-state index contributed by atoms with van der Waals surface area (Å²) in [7, 11) is 0. The van der Waals surface area contributed by atoms with E-state index in [0.29, 0.717) is 12.5 Å². The van der Waals surface area contributed by atoms with E-state index < -0.39 is 0 Å². The monoisotopic (exact) mass is 241 g/mol. The van der Waals surface area contributed by atoms with Crippen LogP contribution in [0.4, 0.5) is 0 Å². The molecule has 1 heterocycles. The normalized spacial score (nSPS) is 18.4. The summed E-state index contributed by atoms with van der Waals surface area (Å²) in [6.07, 6.45) is 1.07. The van der Waals surface area contributed by atoms with E-state index in [1.54, 1.807) is 0 Å². The molecule has 3 nitrogen and oxygen atoms in total. The van der Waals surface area contributed by atoms with Crippen LogP contribution in [0.2, 0.25) is 0 Å². The lowest BCUT2D eigenvalue weighted by molar-refractivity contribution is 0.0906. The smallest absolute Gasteiger partial charge is 0.161 e. The highest BCUT2D eigenvalue weighted by Crippen LogP contribution is 2.30. The number of ether oxygens (including phenoxy) is 2. The van der Waals surface area contributed by atoms with Gasteiger partial charge in [-0.15, -0.1) is 11.6 Å².